The molecule has 18 heavy (non-hydrogen) atoms. The Morgan fingerprint density at radius 3 is 3.06 bits per heavy atom. The van der Waals surface area contributed by atoms with Gasteiger partial charge in [0.15, 0.2) is 6.29 Å². The monoisotopic (exact) mass is 249 g/mol. The van der Waals surface area contributed by atoms with E-state index in [1.54, 1.807) is 0 Å². The molecule has 0 saturated carbocycles. The van der Waals surface area contributed by atoms with Crippen molar-refractivity contribution in [2.45, 2.75) is 37.8 Å². The van der Waals surface area contributed by atoms with Gasteiger partial charge in [0.05, 0.1) is 5.60 Å². The van der Waals surface area contributed by atoms with Crippen molar-refractivity contribution in [3.8, 4) is 0 Å². The Labute approximate surface area is 105 Å². The summed E-state index contributed by atoms with van der Waals surface area (Å²) in [6.45, 7) is 1.84. The molecule has 1 aromatic rings. The van der Waals surface area contributed by atoms with Gasteiger partial charge in [-0.2, -0.15) is 0 Å². The fourth-order valence-corrected chi connectivity index (χ4v) is 2.99. The molecule has 3 atom stereocenters. The largest absolute Gasteiger partial charge is 0.342 e. The van der Waals surface area contributed by atoms with Crippen LogP contribution in [-0.4, -0.2) is 23.9 Å². The molecular weight excluding hydrogens is 234 g/mol. The van der Waals surface area contributed by atoms with Crippen molar-refractivity contribution in [3.05, 3.63) is 45.5 Å². The molecule has 2 heterocycles. The van der Waals surface area contributed by atoms with Crippen LogP contribution in [0.5, 0.6) is 0 Å². The minimum Gasteiger partial charge on any atom is -0.342 e. The van der Waals surface area contributed by atoms with Crippen molar-refractivity contribution in [2.75, 3.05) is 6.54 Å². The Balaban J connectivity index is 1.92. The highest BCUT2D eigenvalue weighted by atomic mass is 16.7. The van der Waals surface area contributed by atoms with E-state index >= 15 is 0 Å². The average molecular weight is 249 g/mol. The summed E-state index contributed by atoms with van der Waals surface area (Å²) >= 11 is 0. The Hall–Kier alpha value is -1.46. The summed E-state index contributed by atoms with van der Waals surface area (Å²) in [6, 6.07) is 8.09. The fraction of sp³-hybridized carbons (Fsp3) is 0.538. The topological polar surface area (TPSA) is 61.6 Å². The van der Waals surface area contributed by atoms with Gasteiger partial charge in [-0.25, -0.2) is 0 Å². The van der Waals surface area contributed by atoms with E-state index in [1.807, 2.05) is 25.1 Å². The fourth-order valence-electron chi connectivity index (χ4n) is 2.99. The van der Waals surface area contributed by atoms with Crippen molar-refractivity contribution in [2.24, 2.45) is 0 Å². The van der Waals surface area contributed by atoms with Gasteiger partial charge in [-0.05, 0) is 18.1 Å². The number of nitrogens with zero attached hydrogens (tertiary/aromatic N) is 1. The van der Waals surface area contributed by atoms with Gasteiger partial charge >= 0.3 is 0 Å². The van der Waals surface area contributed by atoms with Crippen LogP contribution < -0.4 is 0 Å². The molecule has 3 rings (SSSR count). The Morgan fingerprint density at radius 1 is 1.50 bits per heavy atom. The molecule has 0 radical (unpaired) electrons. The third-order valence-corrected chi connectivity index (χ3v) is 3.68. The molecule has 2 aliphatic rings. The van der Waals surface area contributed by atoms with Crippen molar-refractivity contribution < 1.29 is 14.4 Å². The second-order valence-electron chi connectivity index (χ2n) is 5.12. The quantitative estimate of drug-likeness (QED) is 0.593. The number of benzene rings is 1. The van der Waals surface area contributed by atoms with Gasteiger partial charge in [0.25, 0.3) is 0 Å². The van der Waals surface area contributed by atoms with Gasteiger partial charge in [-0.3, -0.25) is 10.1 Å². The lowest BCUT2D eigenvalue weighted by molar-refractivity contribution is -0.500. The Kier molecular flexibility index (Phi) is 2.60. The normalized spacial score (nSPS) is 33.8. The van der Waals surface area contributed by atoms with Crippen LogP contribution >= 0.6 is 0 Å². The SMILES string of the molecule is C[C@]12C[C@H](C[N+](=O)[O-])O[C@H](Cc3ccccc31)O2. The van der Waals surface area contributed by atoms with E-state index < -0.39 is 5.60 Å². The molecule has 0 aromatic heterocycles. The van der Waals surface area contributed by atoms with Crippen molar-refractivity contribution in [3.63, 3.8) is 0 Å². The highest BCUT2D eigenvalue weighted by Crippen LogP contribution is 2.43. The molecule has 2 aliphatic heterocycles. The van der Waals surface area contributed by atoms with Crippen molar-refractivity contribution >= 4 is 0 Å². The molecule has 1 fully saturated rings. The predicted octanol–water partition coefficient (Wildman–Crippen LogP) is 1.87. The van der Waals surface area contributed by atoms with E-state index in [-0.39, 0.29) is 23.9 Å². The van der Waals surface area contributed by atoms with E-state index in [0.29, 0.717) is 12.8 Å². The van der Waals surface area contributed by atoms with Crippen LogP contribution in [0.1, 0.15) is 24.5 Å². The molecule has 0 amide bonds. The van der Waals surface area contributed by atoms with Crippen molar-refractivity contribution in [1.29, 1.82) is 0 Å². The summed E-state index contributed by atoms with van der Waals surface area (Å²) < 4.78 is 11.5. The summed E-state index contributed by atoms with van der Waals surface area (Å²) in [5.74, 6) is 0. The molecule has 1 saturated heterocycles. The van der Waals surface area contributed by atoms with E-state index in [2.05, 4.69) is 6.07 Å². The summed E-state index contributed by atoms with van der Waals surface area (Å²) in [4.78, 5) is 10.3. The molecule has 0 unspecified atom stereocenters. The van der Waals surface area contributed by atoms with E-state index in [1.165, 1.54) is 5.56 Å². The highest BCUT2D eigenvalue weighted by molar-refractivity contribution is 5.35. The first kappa shape index (κ1) is 11.6. The number of nitro groups is 1. The molecule has 1 aromatic carbocycles. The molecule has 0 N–H and O–H groups in total. The standard InChI is InChI=1S/C13H15NO4/c1-13-7-10(8-14(15)16)17-12(18-13)6-9-4-2-3-5-11(9)13/h2-5,10,12H,6-8H2,1H3/t10-,12+,13+/m1/s1. The smallest absolute Gasteiger partial charge is 0.229 e. The zero-order valence-corrected chi connectivity index (χ0v) is 10.2. The van der Waals surface area contributed by atoms with Gasteiger partial charge in [0.1, 0.15) is 6.10 Å². The zero-order valence-electron chi connectivity index (χ0n) is 10.2. The highest BCUT2D eigenvalue weighted by Gasteiger charge is 2.46. The predicted molar refractivity (Wildman–Crippen MR) is 63.7 cm³/mol. The zero-order chi connectivity index (χ0) is 12.8. The third-order valence-electron chi connectivity index (χ3n) is 3.68. The summed E-state index contributed by atoms with van der Waals surface area (Å²) in [6.07, 6.45) is 0.474. The van der Waals surface area contributed by atoms with Gasteiger partial charge in [-0.15, -0.1) is 0 Å². The second kappa shape index (κ2) is 4.03. The van der Waals surface area contributed by atoms with Crippen LogP contribution in [0.2, 0.25) is 0 Å². The van der Waals surface area contributed by atoms with Gasteiger partial charge in [-0.1, -0.05) is 24.3 Å². The molecule has 0 spiro atoms. The molecule has 5 nitrogen and oxygen atoms in total. The van der Waals surface area contributed by atoms with Crippen LogP contribution in [0, 0.1) is 10.1 Å². The van der Waals surface area contributed by atoms with Crippen molar-refractivity contribution in [1.82, 2.24) is 0 Å². The first-order valence-corrected chi connectivity index (χ1v) is 6.10. The van der Waals surface area contributed by atoms with Crippen LogP contribution in [0.3, 0.4) is 0 Å². The average Bonchev–Trinajstić information content (AvgIpc) is 2.26. The van der Waals surface area contributed by atoms with E-state index in [0.717, 1.165) is 5.56 Å². The first-order valence-electron chi connectivity index (χ1n) is 6.10. The number of fused-ring (bicyclic) bond motifs is 4. The van der Waals surface area contributed by atoms with Crippen LogP contribution in [0.15, 0.2) is 24.3 Å². The van der Waals surface area contributed by atoms with Gasteiger partial charge in [0.2, 0.25) is 6.54 Å². The lowest BCUT2D eigenvalue weighted by Gasteiger charge is -2.46. The van der Waals surface area contributed by atoms with Gasteiger partial charge in [0, 0.05) is 17.8 Å². The minimum absolute atomic E-state index is 0.155. The molecule has 96 valence electrons. The number of ether oxygens (including phenoxy) is 2. The van der Waals surface area contributed by atoms with Crippen LogP contribution in [0.4, 0.5) is 0 Å². The van der Waals surface area contributed by atoms with Crippen LogP contribution in [-0.2, 0) is 21.5 Å². The Morgan fingerprint density at radius 2 is 2.28 bits per heavy atom. The summed E-state index contributed by atoms with van der Waals surface area (Å²) in [5.41, 5.74) is 1.90. The second-order valence-corrected chi connectivity index (χ2v) is 5.12. The lowest BCUT2D eigenvalue weighted by Crippen LogP contribution is -2.50. The maximum absolute atomic E-state index is 10.6. The lowest BCUT2D eigenvalue weighted by atomic mass is 9.82. The van der Waals surface area contributed by atoms with E-state index in [9.17, 15) is 10.1 Å². The number of rotatable bonds is 2. The summed E-state index contributed by atoms with van der Waals surface area (Å²) in [5, 5.41) is 10.6. The molecule has 0 aliphatic carbocycles. The maximum Gasteiger partial charge on any atom is 0.229 e. The van der Waals surface area contributed by atoms with Crippen LogP contribution in [0.25, 0.3) is 0 Å². The van der Waals surface area contributed by atoms with Gasteiger partial charge < -0.3 is 9.47 Å². The number of hydrogen-bond acceptors (Lipinski definition) is 4. The summed E-state index contributed by atoms with van der Waals surface area (Å²) in [7, 11) is 0. The maximum atomic E-state index is 10.6. The van der Waals surface area contributed by atoms with E-state index in [4.69, 9.17) is 9.47 Å². The first-order chi connectivity index (χ1) is 8.57. The molecule has 2 bridgehead atoms. The Bertz CT molecular complexity index is 490. The molecular formula is C13H15NO4. The molecule has 5 heteroatoms. The minimum atomic E-state index is -0.460. The number of hydrogen-bond donors (Lipinski definition) is 0. The third kappa shape index (κ3) is 1.89.